The molecule has 2 N–H and O–H groups in total. The second-order valence-corrected chi connectivity index (χ2v) is 6.37. The predicted octanol–water partition coefficient (Wildman–Crippen LogP) is 4.32. The van der Waals surface area contributed by atoms with Crippen molar-refractivity contribution in [2.24, 2.45) is 5.73 Å². The van der Waals surface area contributed by atoms with Gasteiger partial charge in [-0.25, -0.2) is 0 Å². The first-order valence-corrected chi connectivity index (χ1v) is 8.59. The third-order valence-electron chi connectivity index (χ3n) is 3.75. The Morgan fingerprint density at radius 2 is 2.00 bits per heavy atom. The molecule has 0 spiro atoms. The standard InChI is InChI=1S/C17H17NOS2/c1-21-15-7-3-6-14(16(15)17(18)20)19-13-9-8-11-4-2-5-12(11)10-13/h3,6-10H,2,4-5H2,1H3,(H2,18,20). The molecule has 0 unspecified atom stereocenters. The fourth-order valence-electron chi connectivity index (χ4n) is 2.75. The molecule has 0 atom stereocenters. The van der Waals surface area contributed by atoms with Gasteiger partial charge in [0.15, 0.2) is 0 Å². The second kappa shape index (κ2) is 6.08. The molecule has 0 saturated carbocycles. The molecular formula is C17H17NOS2. The molecule has 1 aliphatic carbocycles. The van der Waals surface area contributed by atoms with Gasteiger partial charge in [-0.15, -0.1) is 11.8 Å². The van der Waals surface area contributed by atoms with E-state index >= 15 is 0 Å². The number of ether oxygens (including phenoxy) is 1. The van der Waals surface area contributed by atoms with Crippen LogP contribution in [0.25, 0.3) is 0 Å². The molecule has 0 heterocycles. The van der Waals surface area contributed by atoms with Crippen LogP contribution in [0.2, 0.25) is 0 Å². The summed E-state index contributed by atoms with van der Waals surface area (Å²) in [5.41, 5.74) is 9.53. The zero-order chi connectivity index (χ0) is 14.8. The highest BCUT2D eigenvalue weighted by atomic mass is 32.2. The molecule has 4 heteroatoms. The van der Waals surface area contributed by atoms with E-state index in [0.717, 1.165) is 28.4 Å². The van der Waals surface area contributed by atoms with Crippen LogP contribution in [0.15, 0.2) is 41.3 Å². The molecule has 3 rings (SSSR count). The summed E-state index contributed by atoms with van der Waals surface area (Å²) in [7, 11) is 0. The summed E-state index contributed by atoms with van der Waals surface area (Å²) in [6, 6.07) is 12.2. The molecule has 108 valence electrons. The van der Waals surface area contributed by atoms with E-state index in [1.54, 1.807) is 11.8 Å². The van der Waals surface area contributed by atoms with E-state index in [2.05, 4.69) is 12.1 Å². The van der Waals surface area contributed by atoms with E-state index in [-0.39, 0.29) is 0 Å². The van der Waals surface area contributed by atoms with Crippen LogP contribution in [0.4, 0.5) is 0 Å². The summed E-state index contributed by atoms with van der Waals surface area (Å²) < 4.78 is 6.06. The van der Waals surface area contributed by atoms with E-state index in [4.69, 9.17) is 22.7 Å². The van der Waals surface area contributed by atoms with Gasteiger partial charge in [0.1, 0.15) is 16.5 Å². The smallest absolute Gasteiger partial charge is 0.138 e. The maximum atomic E-state index is 6.06. The van der Waals surface area contributed by atoms with Crippen molar-refractivity contribution in [3.63, 3.8) is 0 Å². The Kier molecular flexibility index (Phi) is 4.17. The summed E-state index contributed by atoms with van der Waals surface area (Å²) >= 11 is 6.80. The van der Waals surface area contributed by atoms with E-state index in [0.29, 0.717) is 4.99 Å². The summed E-state index contributed by atoms with van der Waals surface area (Å²) in [4.78, 5) is 1.41. The second-order valence-electron chi connectivity index (χ2n) is 5.08. The van der Waals surface area contributed by atoms with Crippen molar-refractivity contribution in [2.45, 2.75) is 24.2 Å². The Hall–Kier alpha value is -1.52. The number of fused-ring (bicyclic) bond motifs is 1. The highest BCUT2D eigenvalue weighted by Crippen LogP contribution is 2.34. The Morgan fingerprint density at radius 3 is 2.76 bits per heavy atom. The lowest BCUT2D eigenvalue weighted by Crippen LogP contribution is -2.12. The first kappa shape index (κ1) is 14.4. The number of thioether (sulfide) groups is 1. The minimum absolute atomic E-state index is 0.371. The largest absolute Gasteiger partial charge is 0.457 e. The fraction of sp³-hybridized carbons (Fsp3) is 0.235. The normalized spacial score (nSPS) is 13.0. The predicted molar refractivity (Wildman–Crippen MR) is 92.7 cm³/mol. The number of hydrogen-bond donors (Lipinski definition) is 1. The SMILES string of the molecule is CSc1cccc(Oc2ccc3c(c2)CCC3)c1C(N)=S. The van der Waals surface area contributed by atoms with Crippen LogP contribution in [0.1, 0.15) is 23.1 Å². The van der Waals surface area contributed by atoms with Crippen molar-refractivity contribution in [3.05, 3.63) is 53.1 Å². The van der Waals surface area contributed by atoms with Crippen LogP contribution in [0.3, 0.4) is 0 Å². The van der Waals surface area contributed by atoms with Gasteiger partial charge in [0.25, 0.3) is 0 Å². The summed E-state index contributed by atoms with van der Waals surface area (Å²) in [5.74, 6) is 1.58. The van der Waals surface area contributed by atoms with Crippen molar-refractivity contribution >= 4 is 29.0 Å². The number of rotatable bonds is 4. The van der Waals surface area contributed by atoms with Gasteiger partial charge in [0.2, 0.25) is 0 Å². The Bertz CT molecular complexity index is 697. The van der Waals surface area contributed by atoms with Gasteiger partial charge in [0, 0.05) is 4.90 Å². The molecule has 0 fully saturated rings. The average Bonchev–Trinajstić information content (AvgIpc) is 2.94. The van der Waals surface area contributed by atoms with Crippen molar-refractivity contribution in [3.8, 4) is 11.5 Å². The first-order chi connectivity index (χ1) is 10.2. The van der Waals surface area contributed by atoms with Crippen molar-refractivity contribution in [1.82, 2.24) is 0 Å². The van der Waals surface area contributed by atoms with Crippen LogP contribution in [0.5, 0.6) is 11.5 Å². The van der Waals surface area contributed by atoms with Crippen molar-refractivity contribution in [2.75, 3.05) is 6.26 Å². The molecule has 2 nitrogen and oxygen atoms in total. The number of aryl methyl sites for hydroxylation is 2. The topological polar surface area (TPSA) is 35.2 Å². The molecule has 2 aromatic rings. The lowest BCUT2D eigenvalue weighted by atomic mass is 10.1. The number of nitrogens with two attached hydrogens (primary N) is 1. The Morgan fingerprint density at radius 1 is 1.19 bits per heavy atom. The molecule has 21 heavy (non-hydrogen) atoms. The average molecular weight is 315 g/mol. The van der Waals surface area contributed by atoms with Crippen LogP contribution in [-0.4, -0.2) is 11.2 Å². The van der Waals surface area contributed by atoms with Crippen molar-refractivity contribution < 1.29 is 4.74 Å². The Labute approximate surface area is 134 Å². The number of benzene rings is 2. The summed E-state index contributed by atoms with van der Waals surface area (Å²) in [6.45, 7) is 0. The highest BCUT2D eigenvalue weighted by Gasteiger charge is 2.15. The van der Waals surface area contributed by atoms with Crippen LogP contribution >= 0.6 is 24.0 Å². The lowest BCUT2D eigenvalue weighted by Gasteiger charge is -2.14. The zero-order valence-electron chi connectivity index (χ0n) is 11.9. The van der Waals surface area contributed by atoms with Gasteiger partial charge in [-0.3, -0.25) is 0 Å². The monoisotopic (exact) mass is 315 g/mol. The fourth-order valence-corrected chi connectivity index (χ4v) is 3.65. The van der Waals surface area contributed by atoms with Crippen molar-refractivity contribution in [1.29, 1.82) is 0 Å². The first-order valence-electron chi connectivity index (χ1n) is 6.95. The van der Waals surface area contributed by atoms with Gasteiger partial charge in [-0.05, 0) is 60.9 Å². The third kappa shape index (κ3) is 2.92. The van der Waals surface area contributed by atoms with E-state index in [1.165, 1.54) is 24.0 Å². The quantitative estimate of drug-likeness (QED) is 0.673. The third-order valence-corrected chi connectivity index (χ3v) is 4.74. The van der Waals surface area contributed by atoms with Gasteiger partial charge in [0.05, 0.1) is 5.56 Å². The van der Waals surface area contributed by atoms with E-state index in [1.807, 2.05) is 30.5 Å². The lowest BCUT2D eigenvalue weighted by molar-refractivity contribution is 0.479. The van der Waals surface area contributed by atoms with Crippen LogP contribution in [0, 0.1) is 0 Å². The van der Waals surface area contributed by atoms with Gasteiger partial charge in [-0.2, -0.15) is 0 Å². The maximum Gasteiger partial charge on any atom is 0.138 e. The minimum Gasteiger partial charge on any atom is -0.457 e. The molecule has 2 aromatic carbocycles. The molecule has 1 aliphatic rings. The minimum atomic E-state index is 0.371. The summed E-state index contributed by atoms with van der Waals surface area (Å²) in [6.07, 6.45) is 5.56. The highest BCUT2D eigenvalue weighted by molar-refractivity contribution is 7.98. The molecule has 0 aromatic heterocycles. The molecule has 0 radical (unpaired) electrons. The van der Waals surface area contributed by atoms with E-state index in [9.17, 15) is 0 Å². The van der Waals surface area contributed by atoms with E-state index < -0.39 is 0 Å². The molecule has 0 saturated heterocycles. The van der Waals surface area contributed by atoms with Gasteiger partial charge in [-0.1, -0.05) is 24.4 Å². The summed E-state index contributed by atoms with van der Waals surface area (Å²) in [5, 5.41) is 0. The number of hydrogen-bond acceptors (Lipinski definition) is 3. The maximum absolute atomic E-state index is 6.06. The molecule has 0 bridgehead atoms. The Balaban J connectivity index is 1.96. The molecule has 0 aliphatic heterocycles. The van der Waals surface area contributed by atoms with Crippen LogP contribution in [-0.2, 0) is 12.8 Å². The molecular weight excluding hydrogens is 298 g/mol. The van der Waals surface area contributed by atoms with Gasteiger partial charge >= 0.3 is 0 Å². The van der Waals surface area contributed by atoms with Gasteiger partial charge < -0.3 is 10.5 Å². The van der Waals surface area contributed by atoms with Crippen LogP contribution < -0.4 is 10.5 Å². The molecule has 0 amide bonds. The zero-order valence-corrected chi connectivity index (χ0v) is 13.5. The number of thiocarbonyl (C=S) groups is 1.